The molecule has 1 aromatic heterocycles. The summed E-state index contributed by atoms with van der Waals surface area (Å²) < 4.78 is 15.2. The summed E-state index contributed by atoms with van der Waals surface area (Å²) >= 11 is 0. The largest absolute Gasteiger partial charge is 0.396 e. The van der Waals surface area contributed by atoms with Crippen molar-refractivity contribution >= 4 is 10.9 Å². The monoisotopic (exact) mass is 427 g/mol. The number of halogens is 1. The van der Waals surface area contributed by atoms with Crippen LogP contribution >= 0.6 is 0 Å². The zero-order valence-corrected chi connectivity index (χ0v) is 18.1. The van der Waals surface area contributed by atoms with Crippen LogP contribution in [-0.2, 0) is 12.0 Å². The number of fused-ring (bicyclic) bond motifs is 2. The Bertz CT molecular complexity index is 1280. The molecule has 1 aliphatic carbocycles. The van der Waals surface area contributed by atoms with Crippen LogP contribution in [0.25, 0.3) is 16.6 Å². The van der Waals surface area contributed by atoms with E-state index in [1.54, 1.807) is 12.1 Å². The molecule has 2 fully saturated rings. The SMILES string of the molecule is Cc1cc2c(cnn2-c2ccc(F)cc2)cc1[C@@]12CN(Cc3ccccc3)C[C@@H]1[C@@H]2CO. The quantitative estimate of drug-likeness (QED) is 0.511. The Morgan fingerprint density at radius 3 is 2.62 bits per heavy atom. The van der Waals surface area contributed by atoms with Gasteiger partial charge in [-0.15, -0.1) is 0 Å². The molecule has 0 unspecified atom stereocenters. The van der Waals surface area contributed by atoms with E-state index in [2.05, 4.69) is 59.4 Å². The van der Waals surface area contributed by atoms with E-state index in [4.69, 9.17) is 0 Å². The molecule has 1 saturated carbocycles. The van der Waals surface area contributed by atoms with Crippen LogP contribution in [0.4, 0.5) is 4.39 Å². The molecule has 0 bridgehead atoms. The van der Waals surface area contributed by atoms with Gasteiger partial charge < -0.3 is 5.11 Å². The van der Waals surface area contributed by atoms with E-state index in [0.717, 1.165) is 36.2 Å². The first-order chi connectivity index (χ1) is 15.6. The molecule has 6 rings (SSSR count). The van der Waals surface area contributed by atoms with Gasteiger partial charge >= 0.3 is 0 Å². The first-order valence-corrected chi connectivity index (χ1v) is 11.2. The highest BCUT2D eigenvalue weighted by Gasteiger charge is 2.69. The fourth-order valence-electron chi connectivity index (χ4n) is 6.05. The lowest BCUT2D eigenvalue weighted by atomic mass is 9.88. The average molecular weight is 428 g/mol. The van der Waals surface area contributed by atoms with E-state index < -0.39 is 0 Å². The molecular formula is C27H26FN3O. The summed E-state index contributed by atoms with van der Waals surface area (Å²) in [7, 11) is 0. The third-order valence-corrected chi connectivity index (χ3v) is 7.57. The maximum absolute atomic E-state index is 13.4. The van der Waals surface area contributed by atoms with Crippen LogP contribution in [0.5, 0.6) is 0 Å². The van der Waals surface area contributed by atoms with Crippen molar-refractivity contribution in [3.8, 4) is 5.69 Å². The van der Waals surface area contributed by atoms with Gasteiger partial charge in [0.25, 0.3) is 0 Å². The lowest BCUT2D eigenvalue weighted by Crippen LogP contribution is -2.30. The molecule has 3 aromatic carbocycles. The predicted octanol–water partition coefficient (Wildman–Crippen LogP) is 4.46. The van der Waals surface area contributed by atoms with Crippen LogP contribution in [0.3, 0.4) is 0 Å². The summed E-state index contributed by atoms with van der Waals surface area (Å²) in [4.78, 5) is 2.53. The summed E-state index contributed by atoms with van der Waals surface area (Å²) in [5.74, 6) is 0.552. The highest BCUT2D eigenvalue weighted by Crippen LogP contribution is 2.64. The maximum Gasteiger partial charge on any atom is 0.123 e. The van der Waals surface area contributed by atoms with E-state index in [1.807, 2.05) is 10.9 Å². The predicted molar refractivity (Wildman–Crippen MR) is 123 cm³/mol. The summed E-state index contributed by atoms with van der Waals surface area (Å²) in [5, 5.41) is 15.8. The van der Waals surface area contributed by atoms with Gasteiger partial charge in [0.15, 0.2) is 0 Å². The number of aromatic nitrogens is 2. The zero-order valence-electron chi connectivity index (χ0n) is 18.1. The van der Waals surface area contributed by atoms with E-state index in [1.165, 1.54) is 28.8 Å². The van der Waals surface area contributed by atoms with Gasteiger partial charge in [0.05, 0.1) is 17.4 Å². The van der Waals surface area contributed by atoms with Crippen molar-refractivity contribution in [2.75, 3.05) is 19.7 Å². The first kappa shape index (κ1) is 19.6. The number of aliphatic hydroxyl groups is 1. The normalized spacial score (nSPS) is 24.7. The van der Waals surface area contributed by atoms with Crippen LogP contribution in [0.15, 0.2) is 72.9 Å². The Hall–Kier alpha value is -3.02. The molecule has 3 atom stereocenters. The van der Waals surface area contributed by atoms with Crippen molar-refractivity contribution in [3.05, 3.63) is 95.4 Å². The smallest absolute Gasteiger partial charge is 0.123 e. The topological polar surface area (TPSA) is 41.3 Å². The van der Waals surface area contributed by atoms with E-state index in [0.29, 0.717) is 11.8 Å². The van der Waals surface area contributed by atoms with Gasteiger partial charge in [-0.2, -0.15) is 5.10 Å². The summed E-state index contributed by atoms with van der Waals surface area (Å²) in [6.45, 7) is 5.33. The lowest BCUT2D eigenvalue weighted by Gasteiger charge is -2.25. The number of hydrogen-bond acceptors (Lipinski definition) is 3. The molecule has 0 radical (unpaired) electrons. The highest BCUT2D eigenvalue weighted by molar-refractivity contribution is 5.83. The van der Waals surface area contributed by atoms with Gasteiger partial charge in [-0.1, -0.05) is 30.3 Å². The van der Waals surface area contributed by atoms with Crippen LogP contribution < -0.4 is 0 Å². The van der Waals surface area contributed by atoms with Crippen molar-refractivity contribution in [1.29, 1.82) is 0 Å². The molecule has 162 valence electrons. The van der Waals surface area contributed by atoms with E-state index >= 15 is 0 Å². The van der Waals surface area contributed by atoms with Crippen molar-refractivity contribution in [2.45, 2.75) is 18.9 Å². The highest BCUT2D eigenvalue weighted by atomic mass is 19.1. The van der Waals surface area contributed by atoms with Gasteiger partial charge in [0.2, 0.25) is 0 Å². The Kier molecular flexibility index (Phi) is 4.46. The van der Waals surface area contributed by atoms with Crippen LogP contribution in [-0.4, -0.2) is 39.5 Å². The minimum atomic E-state index is -0.251. The summed E-state index contributed by atoms with van der Waals surface area (Å²) in [6.07, 6.45) is 1.89. The van der Waals surface area contributed by atoms with Crippen LogP contribution in [0.2, 0.25) is 0 Å². The number of benzene rings is 3. The maximum atomic E-state index is 13.4. The molecule has 4 nitrogen and oxygen atoms in total. The second-order valence-electron chi connectivity index (χ2n) is 9.35. The Morgan fingerprint density at radius 2 is 1.88 bits per heavy atom. The van der Waals surface area contributed by atoms with Crippen molar-refractivity contribution in [2.24, 2.45) is 11.8 Å². The van der Waals surface area contributed by atoms with Gasteiger partial charge in [-0.25, -0.2) is 9.07 Å². The van der Waals surface area contributed by atoms with Crippen molar-refractivity contribution < 1.29 is 9.50 Å². The van der Waals surface area contributed by atoms with Crippen LogP contribution in [0.1, 0.15) is 16.7 Å². The molecule has 32 heavy (non-hydrogen) atoms. The minimum absolute atomic E-state index is 0.0137. The minimum Gasteiger partial charge on any atom is -0.396 e. The standard InChI is InChI=1S/C27H26FN3O/c1-18-11-26-20(13-29-31(26)22-9-7-21(28)8-10-22)12-23(18)27-17-30(15-24(27)25(27)16-32)14-19-5-3-2-4-6-19/h2-13,24-25,32H,14-17H2,1H3/t24-,25+,27+/m1/s1. The molecular weight excluding hydrogens is 401 g/mol. The summed E-state index contributed by atoms with van der Waals surface area (Å²) in [6, 6.07) is 21.5. The lowest BCUT2D eigenvalue weighted by molar-refractivity contribution is 0.210. The van der Waals surface area contributed by atoms with Gasteiger partial charge in [0.1, 0.15) is 5.82 Å². The van der Waals surface area contributed by atoms with Crippen molar-refractivity contribution in [1.82, 2.24) is 14.7 Å². The number of rotatable bonds is 5. The van der Waals surface area contributed by atoms with Gasteiger partial charge in [-0.05, 0) is 71.8 Å². The van der Waals surface area contributed by atoms with E-state index in [9.17, 15) is 9.50 Å². The van der Waals surface area contributed by atoms with Crippen molar-refractivity contribution in [3.63, 3.8) is 0 Å². The molecule has 4 aromatic rings. The molecule has 2 heterocycles. The fourth-order valence-corrected chi connectivity index (χ4v) is 6.05. The molecule has 0 spiro atoms. The zero-order chi connectivity index (χ0) is 21.9. The Labute approximate surface area is 186 Å². The second kappa shape index (κ2) is 7.26. The number of aryl methyl sites for hydroxylation is 1. The molecule has 2 aliphatic rings. The first-order valence-electron chi connectivity index (χ1n) is 11.2. The molecule has 0 amide bonds. The summed E-state index contributed by atoms with van der Waals surface area (Å²) in [5.41, 5.74) is 5.77. The Morgan fingerprint density at radius 1 is 1.09 bits per heavy atom. The number of piperidine rings is 1. The number of hydrogen-bond donors (Lipinski definition) is 1. The van der Waals surface area contributed by atoms with E-state index in [-0.39, 0.29) is 17.8 Å². The molecule has 1 saturated heterocycles. The fraction of sp³-hybridized carbons (Fsp3) is 0.296. The molecule has 1 N–H and O–H groups in total. The third-order valence-electron chi connectivity index (χ3n) is 7.57. The van der Waals surface area contributed by atoms with Gasteiger partial charge in [0, 0.05) is 37.0 Å². The molecule has 1 aliphatic heterocycles. The third kappa shape index (κ3) is 2.92. The molecule has 5 heteroatoms. The average Bonchev–Trinajstić information content (AvgIpc) is 3.07. The number of likely N-dealkylation sites (tertiary alicyclic amines) is 1. The van der Waals surface area contributed by atoms with Gasteiger partial charge in [-0.3, -0.25) is 4.90 Å². The van der Waals surface area contributed by atoms with Crippen LogP contribution in [0, 0.1) is 24.6 Å². The number of aliphatic hydroxyl groups excluding tert-OH is 1. The Balaban J connectivity index is 1.35. The number of nitrogens with zero attached hydrogens (tertiary/aromatic N) is 3. The second-order valence-corrected chi connectivity index (χ2v) is 9.35.